The average Bonchev–Trinajstić information content (AvgIpc) is 2.95. The minimum Gasteiger partial charge on any atom is -0.332 e. The Morgan fingerprint density at radius 2 is 1.87 bits per heavy atom. The zero-order valence-corrected chi connectivity index (χ0v) is 13.0. The van der Waals surface area contributed by atoms with Crippen LogP contribution in [0.5, 0.6) is 0 Å². The van der Waals surface area contributed by atoms with E-state index in [1.165, 1.54) is 36.9 Å². The van der Waals surface area contributed by atoms with Gasteiger partial charge in [0.1, 0.15) is 11.3 Å². The smallest absolute Gasteiger partial charge is 0.332 e. The molecule has 0 aliphatic carbocycles. The van der Waals surface area contributed by atoms with Crippen LogP contribution in [0.3, 0.4) is 0 Å². The zero-order chi connectivity index (χ0) is 16.9. The molecule has 10 heteroatoms. The van der Waals surface area contributed by atoms with Crippen molar-refractivity contribution in [3.8, 4) is 11.4 Å². The summed E-state index contributed by atoms with van der Waals surface area (Å²) < 4.78 is 33.7. The lowest BCUT2D eigenvalue weighted by Crippen LogP contribution is -2.36. The van der Waals surface area contributed by atoms with Crippen molar-refractivity contribution in [3.05, 3.63) is 45.1 Å². The number of nitrogens with zero attached hydrogens (tertiary/aromatic N) is 3. The van der Waals surface area contributed by atoms with Crippen LogP contribution in [0.25, 0.3) is 22.6 Å². The number of rotatable bonds is 2. The van der Waals surface area contributed by atoms with Gasteiger partial charge in [-0.1, -0.05) is 12.1 Å². The minimum atomic E-state index is -4.36. The summed E-state index contributed by atoms with van der Waals surface area (Å²) in [5, 5.41) is 0. The van der Waals surface area contributed by atoms with E-state index < -0.39 is 21.4 Å². The van der Waals surface area contributed by atoms with Gasteiger partial charge < -0.3 is 4.98 Å². The van der Waals surface area contributed by atoms with E-state index in [1.807, 2.05) is 0 Å². The van der Waals surface area contributed by atoms with Crippen molar-refractivity contribution in [1.82, 2.24) is 19.1 Å². The van der Waals surface area contributed by atoms with E-state index >= 15 is 0 Å². The highest BCUT2D eigenvalue weighted by Crippen LogP contribution is 2.21. The van der Waals surface area contributed by atoms with Gasteiger partial charge in [-0.25, -0.2) is 9.78 Å². The molecule has 0 bridgehead atoms. The molecule has 0 aliphatic heterocycles. The lowest BCUT2D eigenvalue weighted by atomic mass is 10.2. The van der Waals surface area contributed by atoms with Crippen molar-refractivity contribution in [2.24, 2.45) is 14.1 Å². The number of aromatic nitrogens is 4. The number of fused-ring (bicyclic) bond motifs is 1. The normalized spacial score (nSPS) is 12.0. The van der Waals surface area contributed by atoms with E-state index in [2.05, 4.69) is 9.97 Å². The molecule has 0 spiro atoms. The summed E-state index contributed by atoms with van der Waals surface area (Å²) in [7, 11) is -1.53. The molecule has 0 saturated heterocycles. The van der Waals surface area contributed by atoms with Gasteiger partial charge in [0.05, 0.1) is 4.90 Å². The molecule has 0 atom stereocenters. The maximum atomic E-state index is 12.1. The maximum absolute atomic E-state index is 12.1. The van der Waals surface area contributed by atoms with Crippen molar-refractivity contribution in [1.29, 1.82) is 0 Å². The van der Waals surface area contributed by atoms with Gasteiger partial charge in [0.2, 0.25) is 0 Å². The van der Waals surface area contributed by atoms with Crippen LogP contribution in [0.15, 0.2) is 38.8 Å². The number of imidazole rings is 1. The van der Waals surface area contributed by atoms with Gasteiger partial charge in [0.15, 0.2) is 5.65 Å². The molecule has 2 N–H and O–H groups in total. The molecule has 0 unspecified atom stereocenters. The first-order valence-electron chi connectivity index (χ1n) is 6.44. The van der Waals surface area contributed by atoms with E-state index in [1.54, 1.807) is 6.07 Å². The molecular weight excluding hydrogens is 324 g/mol. The Bertz CT molecular complexity index is 1150. The fraction of sp³-hybridized carbons (Fsp3) is 0.154. The van der Waals surface area contributed by atoms with Gasteiger partial charge in [0.25, 0.3) is 15.7 Å². The van der Waals surface area contributed by atoms with Crippen molar-refractivity contribution >= 4 is 21.3 Å². The predicted molar refractivity (Wildman–Crippen MR) is 81.8 cm³/mol. The summed E-state index contributed by atoms with van der Waals surface area (Å²) in [6, 6.07) is 5.45. The monoisotopic (exact) mass is 336 g/mol. The van der Waals surface area contributed by atoms with E-state index in [9.17, 15) is 18.0 Å². The van der Waals surface area contributed by atoms with Crippen LogP contribution in [0.1, 0.15) is 0 Å². The fourth-order valence-electron chi connectivity index (χ4n) is 2.27. The first-order valence-corrected chi connectivity index (χ1v) is 7.88. The Morgan fingerprint density at radius 3 is 2.52 bits per heavy atom. The van der Waals surface area contributed by atoms with Crippen LogP contribution in [-0.4, -0.2) is 32.1 Å². The summed E-state index contributed by atoms with van der Waals surface area (Å²) in [4.78, 5) is 30.7. The predicted octanol–water partition coefficient (Wildman–Crippen LogP) is -0.126. The molecule has 9 nitrogen and oxygen atoms in total. The van der Waals surface area contributed by atoms with Crippen LogP contribution >= 0.6 is 0 Å². The van der Waals surface area contributed by atoms with Crippen LogP contribution in [0.4, 0.5) is 0 Å². The zero-order valence-electron chi connectivity index (χ0n) is 12.1. The highest BCUT2D eigenvalue weighted by molar-refractivity contribution is 7.85. The molecule has 0 aliphatic rings. The molecule has 0 radical (unpaired) electrons. The Labute approximate surface area is 129 Å². The summed E-state index contributed by atoms with van der Waals surface area (Å²) in [6.07, 6.45) is 0. The van der Waals surface area contributed by atoms with E-state index in [0.29, 0.717) is 5.56 Å². The Morgan fingerprint density at radius 1 is 1.17 bits per heavy atom. The number of hydrogen-bond donors (Lipinski definition) is 2. The van der Waals surface area contributed by atoms with Crippen LogP contribution in [0, 0.1) is 0 Å². The third-order valence-corrected chi connectivity index (χ3v) is 4.35. The minimum absolute atomic E-state index is 0.127. The molecule has 0 saturated carbocycles. The maximum Gasteiger partial charge on any atom is 0.332 e. The fourth-order valence-corrected chi connectivity index (χ4v) is 2.79. The number of hydrogen-bond acceptors (Lipinski definition) is 5. The first kappa shape index (κ1) is 15.2. The number of H-pyrrole nitrogens is 1. The topological polar surface area (TPSA) is 127 Å². The summed E-state index contributed by atoms with van der Waals surface area (Å²) in [5.74, 6) is 0.212. The molecule has 1 aromatic carbocycles. The highest BCUT2D eigenvalue weighted by atomic mass is 32.2. The van der Waals surface area contributed by atoms with Crippen LogP contribution in [-0.2, 0) is 24.2 Å². The average molecular weight is 336 g/mol. The number of aromatic amines is 1. The third-order valence-electron chi connectivity index (χ3n) is 3.50. The number of nitrogens with one attached hydrogen (secondary N) is 1. The SMILES string of the molecule is Cn1c(=O)c2[nH]c(-c3cccc(S(=O)(=O)O)c3)nc2n(C)c1=O. The van der Waals surface area contributed by atoms with E-state index in [-0.39, 0.29) is 21.9 Å². The molecule has 3 aromatic rings. The third kappa shape index (κ3) is 2.37. The summed E-state index contributed by atoms with van der Waals surface area (Å²) >= 11 is 0. The van der Waals surface area contributed by atoms with Crippen molar-refractivity contribution < 1.29 is 13.0 Å². The van der Waals surface area contributed by atoms with E-state index in [4.69, 9.17) is 4.55 Å². The molecule has 0 fully saturated rings. The van der Waals surface area contributed by atoms with Crippen LogP contribution < -0.4 is 11.2 Å². The molecule has 23 heavy (non-hydrogen) atoms. The van der Waals surface area contributed by atoms with Gasteiger partial charge in [-0.05, 0) is 12.1 Å². The first-order chi connectivity index (χ1) is 10.7. The summed E-state index contributed by atoms with van der Waals surface area (Å²) in [6.45, 7) is 0. The Balaban J connectivity index is 2.31. The second kappa shape index (κ2) is 4.89. The lowest BCUT2D eigenvalue weighted by molar-refractivity contribution is 0.483. The number of benzene rings is 1. The molecule has 2 heterocycles. The molecule has 3 rings (SSSR count). The van der Waals surface area contributed by atoms with Crippen molar-refractivity contribution in [2.45, 2.75) is 4.90 Å². The number of aryl methyl sites for hydroxylation is 1. The van der Waals surface area contributed by atoms with Crippen molar-refractivity contribution in [3.63, 3.8) is 0 Å². The van der Waals surface area contributed by atoms with Gasteiger partial charge >= 0.3 is 5.69 Å². The van der Waals surface area contributed by atoms with E-state index in [0.717, 1.165) is 4.57 Å². The second-order valence-corrected chi connectivity index (χ2v) is 6.41. The quantitative estimate of drug-likeness (QED) is 0.628. The van der Waals surface area contributed by atoms with Crippen LogP contribution in [0.2, 0.25) is 0 Å². The lowest BCUT2D eigenvalue weighted by Gasteiger charge is -2.00. The van der Waals surface area contributed by atoms with Gasteiger partial charge in [-0.2, -0.15) is 8.42 Å². The van der Waals surface area contributed by atoms with Gasteiger partial charge in [-0.3, -0.25) is 18.5 Å². The van der Waals surface area contributed by atoms with Crippen molar-refractivity contribution in [2.75, 3.05) is 0 Å². The molecular formula is C13H12N4O5S. The second-order valence-electron chi connectivity index (χ2n) is 4.99. The standard InChI is InChI=1S/C13H12N4O5S/c1-16-11-9(12(18)17(2)13(16)19)14-10(15-11)7-4-3-5-8(6-7)23(20,21)22/h3-6H,1-2H3,(H,14,15)(H,20,21,22). The largest absolute Gasteiger partial charge is 0.332 e. The highest BCUT2D eigenvalue weighted by Gasteiger charge is 2.16. The Kier molecular flexibility index (Phi) is 3.23. The Hall–Kier alpha value is -2.72. The van der Waals surface area contributed by atoms with Gasteiger partial charge in [0, 0.05) is 19.7 Å². The molecule has 0 amide bonds. The van der Waals surface area contributed by atoms with Gasteiger partial charge in [-0.15, -0.1) is 0 Å². The molecule has 120 valence electrons. The molecule has 2 aromatic heterocycles. The summed E-state index contributed by atoms with van der Waals surface area (Å²) in [5.41, 5.74) is -0.418.